The van der Waals surface area contributed by atoms with Crippen LogP contribution in [0.1, 0.15) is 29.0 Å². The van der Waals surface area contributed by atoms with E-state index in [1.807, 2.05) is 104 Å². The van der Waals surface area contributed by atoms with E-state index in [-0.39, 0.29) is 24.6 Å². The maximum Gasteiger partial charge on any atom is 0.262 e. The molecular weight excluding hydrogens is 566 g/mol. The Kier molecular flexibility index (Phi) is 7.90. The molecule has 2 N–H and O–H groups in total. The molecule has 0 spiro atoms. The first-order chi connectivity index (χ1) is 20.5. The maximum atomic E-state index is 12.5. The minimum atomic E-state index is -0.242. The first kappa shape index (κ1) is 27.5. The summed E-state index contributed by atoms with van der Waals surface area (Å²) in [5.41, 5.74) is 5.47. The van der Waals surface area contributed by atoms with Crippen LogP contribution in [0.25, 0.3) is 5.69 Å². The highest BCUT2D eigenvalue weighted by Crippen LogP contribution is 2.42. The van der Waals surface area contributed by atoms with Gasteiger partial charge in [0.2, 0.25) is 0 Å². The number of nitrogens with zero attached hydrogens (tertiary/aromatic N) is 3. The van der Waals surface area contributed by atoms with Crippen molar-refractivity contribution in [1.82, 2.24) is 14.9 Å². The number of thiocarbonyl (C=S) groups is 1. The fourth-order valence-electron chi connectivity index (χ4n) is 5.15. The van der Waals surface area contributed by atoms with Crippen molar-refractivity contribution in [3.8, 4) is 11.4 Å². The van der Waals surface area contributed by atoms with Gasteiger partial charge in [0, 0.05) is 40.2 Å². The molecule has 0 radical (unpaired) electrons. The second-order valence-corrected chi connectivity index (χ2v) is 10.7. The molecule has 9 heteroatoms. The van der Waals surface area contributed by atoms with Crippen molar-refractivity contribution >= 4 is 46.2 Å². The molecule has 0 bridgehead atoms. The number of pyridine rings is 1. The number of carbonyl (C=O) groups is 1. The Labute approximate surface area is 254 Å². The lowest BCUT2D eigenvalue weighted by molar-refractivity contribution is -0.118. The van der Waals surface area contributed by atoms with E-state index >= 15 is 0 Å². The molecule has 210 valence electrons. The predicted octanol–water partition coefficient (Wildman–Crippen LogP) is 7.03. The van der Waals surface area contributed by atoms with E-state index < -0.39 is 0 Å². The number of carbonyl (C=O) groups excluding carboxylic acids is 1. The summed E-state index contributed by atoms with van der Waals surface area (Å²) in [5.74, 6) is 0.402. The lowest BCUT2D eigenvalue weighted by Crippen LogP contribution is -2.30. The molecule has 7 nitrogen and oxygen atoms in total. The molecule has 0 saturated carbocycles. The van der Waals surface area contributed by atoms with E-state index in [0.717, 1.165) is 33.3 Å². The summed E-state index contributed by atoms with van der Waals surface area (Å²) < 4.78 is 7.73. The third-order valence-corrected chi connectivity index (χ3v) is 7.88. The van der Waals surface area contributed by atoms with Gasteiger partial charge in [-0.25, -0.2) is 0 Å². The highest BCUT2D eigenvalue weighted by Gasteiger charge is 2.42. The van der Waals surface area contributed by atoms with Crippen molar-refractivity contribution in [3.05, 3.63) is 137 Å². The van der Waals surface area contributed by atoms with Gasteiger partial charge in [0.15, 0.2) is 11.7 Å². The molecule has 5 aromatic rings. The molecule has 42 heavy (non-hydrogen) atoms. The number of ether oxygens (including phenoxy) is 1. The van der Waals surface area contributed by atoms with Gasteiger partial charge in [-0.2, -0.15) is 0 Å². The van der Waals surface area contributed by atoms with Crippen LogP contribution in [-0.4, -0.2) is 27.2 Å². The number of amides is 1. The average Bonchev–Trinajstić information content (AvgIpc) is 3.63. The van der Waals surface area contributed by atoms with Crippen LogP contribution >= 0.6 is 23.8 Å². The molecule has 2 aromatic heterocycles. The van der Waals surface area contributed by atoms with Gasteiger partial charge in [-0.3, -0.25) is 9.78 Å². The second kappa shape index (κ2) is 12.1. The molecule has 1 aliphatic rings. The topological polar surface area (TPSA) is 71.4 Å². The Morgan fingerprint density at radius 3 is 2.48 bits per heavy atom. The first-order valence-corrected chi connectivity index (χ1v) is 14.3. The van der Waals surface area contributed by atoms with Crippen LogP contribution in [0.5, 0.6) is 5.75 Å². The summed E-state index contributed by atoms with van der Waals surface area (Å²) in [6.07, 6.45) is 3.84. The van der Waals surface area contributed by atoms with Crippen molar-refractivity contribution in [2.45, 2.75) is 19.0 Å². The van der Waals surface area contributed by atoms with Crippen LogP contribution < -0.4 is 20.3 Å². The largest absolute Gasteiger partial charge is 0.484 e. The molecular formula is C33H28ClN5O2S. The molecule has 3 heterocycles. The van der Waals surface area contributed by atoms with Crippen LogP contribution in [-0.2, 0) is 4.79 Å². The Morgan fingerprint density at radius 2 is 1.74 bits per heavy atom. The third kappa shape index (κ3) is 5.72. The van der Waals surface area contributed by atoms with Gasteiger partial charge in [0.25, 0.3) is 5.91 Å². The van der Waals surface area contributed by atoms with Crippen LogP contribution in [0.15, 0.2) is 116 Å². The number of nitrogens with one attached hydrogen (secondary N) is 2. The summed E-state index contributed by atoms with van der Waals surface area (Å²) in [7, 11) is 0. The smallest absolute Gasteiger partial charge is 0.262 e. The number of hydrogen-bond acceptors (Lipinski definition) is 4. The van der Waals surface area contributed by atoms with Crippen LogP contribution in [0.4, 0.5) is 11.4 Å². The fraction of sp³-hybridized carbons (Fsp3) is 0.121. The van der Waals surface area contributed by atoms with E-state index in [1.54, 1.807) is 6.20 Å². The van der Waals surface area contributed by atoms with Gasteiger partial charge in [-0.15, -0.1) is 0 Å². The van der Waals surface area contributed by atoms with Crippen molar-refractivity contribution < 1.29 is 9.53 Å². The summed E-state index contributed by atoms with van der Waals surface area (Å²) in [6.45, 7) is 1.92. The normalized spacial score (nSPS) is 16.2. The zero-order chi connectivity index (χ0) is 29.1. The summed E-state index contributed by atoms with van der Waals surface area (Å²) >= 11 is 12.2. The SMILES string of the molecule is Cc1cc(-n2cccc2[C@@H]2[C@@H](c3ccccn3)NC(=S)N2c2ccc(NC(=O)COc3ccccc3)cc2)ccc1Cl. The highest BCUT2D eigenvalue weighted by atomic mass is 35.5. The molecule has 0 aliphatic carbocycles. The molecule has 1 fully saturated rings. The van der Waals surface area contributed by atoms with Crippen LogP contribution in [0.3, 0.4) is 0 Å². The molecule has 3 aromatic carbocycles. The Hall–Kier alpha value is -4.66. The number of hydrogen-bond donors (Lipinski definition) is 2. The van der Waals surface area contributed by atoms with Gasteiger partial charge < -0.3 is 24.8 Å². The maximum absolute atomic E-state index is 12.5. The van der Waals surface area contributed by atoms with Crippen molar-refractivity contribution in [1.29, 1.82) is 0 Å². The predicted molar refractivity (Wildman–Crippen MR) is 170 cm³/mol. The second-order valence-electron chi connectivity index (χ2n) is 9.93. The number of halogens is 1. The number of para-hydroxylation sites is 1. The van der Waals surface area contributed by atoms with Gasteiger partial charge in [0.1, 0.15) is 11.8 Å². The van der Waals surface area contributed by atoms with Crippen molar-refractivity contribution in [3.63, 3.8) is 0 Å². The monoisotopic (exact) mass is 593 g/mol. The summed E-state index contributed by atoms with van der Waals surface area (Å²) in [4.78, 5) is 19.3. The lowest BCUT2D eigenvalue weighted by Gasteiger charge is -2.29. The third-order valence-electron chi connectivity index (χ3n) is 7.14. The number of rotatable bonds is 8. The fourth-order valence-corrected chi connectivity index (χ4v) is 5.61. The summed E-state index contributed by atoms with van der Waals surface area (Å²) in [5, 5.41) is 7.72. The van der Waals surface area contributed by atoms with Crippen molar-refractivity contribution in [2.24, 2.45) is 0 Å². The number of benzene rings is 3. The molecule has 1 saturated heterocycles. The number of aryl methyl sites for hydroxylation is 1. The number of anilines is 2. The zero-order valence-corrected chi connectivity index (χ0v) is 24.3. The molecule has 1 amide bonds. The van der Waals surface area contributed by atoms with E-state index in [0.29, 0.717) is 16.5 Å². The van der Waals surface area contributed by atoms with Gasteiger partial charge in [0.05, 0.1) is 11.7 Å². The standard InChI is InChI=1S/C33H28ClN5O2S/c1-22-20-25(16-17-27(22)34)38-19-7-11-29(38)32-31(28-10-5-6-18-35-28)37-33(42)39(32)24-14-12-23(13-15-24)36-30(40)21-41-26-8-3-2-4-9-26/h2-20,31-32H,21H2,1H3,(H,36,40)(H,37,42)/t31-,32-/m1/s1. The molecule has 1 aliphatic heterocycles. The minimum Gasteiger partial charge on any atom is -0.484 e. The Bertz CT molecular complexity index is 1710. The van der Waals surface area contributed by atoms with E-state index in [2.05, 4.69) is 37.2 Å². The Balaban J connectivity index is 1.29. The molecule has 2 atom stereocenters. The zero-order valence-electron chi connectivity index (χ0n) is 22.8. The first-order valence-electron chi connectivity index (χ1n) is 13.5. The van der Waals surface area contributed by atoms with Gasteiger partial charge in [-0.1, -0.05) is 35.9 Å². The minimum absolute atomic E-state index is 0.0825. The Morgan fingerprint density at radius 1 is 0.976 bits per heavy atom. The highest BCUT2D eigenvalue weighted by molar-refractivity contribution is 7.80. The van der Waals surface area contributed by atoms with Gasteiger partial charge in [-0.05, 0) is 104 Å². The van der Waals surface area contributed by atoms with E-state index in [4.69, 9.17) is 28.6 Å². The molecule has 0 unspecified atom stereocenters. The summed E-state index contributed by atoms with van der Waals surface area (Å²) in [6, 6.07) is 32.5. The van der Waals surface area contributed by atoms with Crippen LogP contribution in [0.2, 0.25) is 5.02 Å². The lowest BCUT2D eigenvalue weighted by atomic mass is 10.0. The average molecular weight is 594 g/mol. The van der Waals surface area contributed by atoms with Crippen LogP contribution in [0, 0.1) is 6.92 Å². The molecule has 6 rings (SSSR count). The number of aromatic nitrogens is 2. The van der Waals surface area contributed by atoms with Gasteiger partial charge >= 0.3 is 0 Å². The quantitative estimate of drug-likeness (QED) is 0.188. The van der Waals surface area contributed by atoms with Crippen molar-refractivity contribution in [2.75, 3.05) is 16.8 Å². The van der Waals surface area contributed by atoms with E-state index in [1.165, 1.54) is 0 Å². The van der Waals surface area contributed by atoms with E-state index in [9.17, 15) is 4.79 Å².